The van der Waals surface area contributed by atoms with Crippen molar-refractivity contribution in [2.45, 2.75) is 143 Å². The van der Waals surface area contributed by atoms with Crippen LogP contribution in [0.1, 0.15) is 131 Å². The SMILES string of the molecule is CC(C)CCCC(C)(O)[C@H]1CC[C@H]2[C@@H]3CC=C4C[C@@H](OC(=O)CCC(=N)N(CCCN(C)C)CCCN(C)C)CC[C@]4(C)C3CC[C@]12C. The molecule has 0 radical (unpaired) electrons. The molecule has 0 aromatic carbocycles. The molecule has 0 bridgehead atoms. The van der Waals surface area contributed by atoms with E-state index in [1.54, 1.807) is 0 Å². The predicted octanol–water partition coefficient (Wildman–Crippen LogP) is 8.02. The summed E-state index contributed by atoms with van der Waals surface area (Å²) in [6.07, 6.45) is 17.5. The molecule has 2 unspecified atom stereocenters. The Labute approximate surface area is 295 Å². The summed E-state index contributed by atoms with van der Waals surface area (Å²) >= 11 is 0. The van der Waals surface area contributed by atoms with E-state index in [4.69, 9.17) is 10.1 Å². The van der Waals surface area contributed by atoms with Crippen molar-refractivity contribution < 1.29 is 14.6 Å². The average molecular weight is 671 g/mol. The number of esters is 1. The van der Waals surface area contributed by atoms with Crippen LogP contribution in [0.2, 0.25) is 0 Å². The molecular weight excluding hydrogens is 596 g/mol. The number of ether oxygens (including phenoxy) is 1. The number of aliphatic hydroxyl groups is 1. The van der Waals surface area contributed by atoms with E-state index in [1.165, 1.54) is 37.7 Å². The molecule has 4 aliphatic carbocycles. The van der Waals surface area contributed by atoms with Crippen LogP contribution in [0.15, 0.2) is 11.6 Å². The number of amidine groups is 1. The fourth-order valence-electron chi connectivity index (χ4n) is 11.0. The molecule has 3 saturated carbocycles. The summed E-state index contributed by atoms with van der Waals surface area (Å²) in [5, 5.41) is 20.6. The van der Waals surface area contributed by atoms with Gasteiger partial charge in [-0.1, -0.05) is 52.2 Å². The molecule has 0 aliphatic heterocycles. The molecule has 0 heterocycles. The lowest BCUT2D eigenvalue weighted by Gasteiger charge is -2.59. The third kappa shape index (κ3) is 9.46. The van der Waals surface area contributed by atoms with Gasteiger partial charge in [0.1, 0.15) is 6.10 Å². The topological polar surface area (TPSA) is 80.1 Å². The molecule has 3 fully saturated rings. The number of carbonyl (C=O) groups excluding carboxylic acids is 1. The summed E-state index contributed by atoms with van der Waals surface area (Å²) in [7, 11) is 8.35. The quantitative estimate of drug-likeness (QED) is 0.0707. The van der Waals surface area contributed by atoms with Gasteiger partial charge in [-0.3, -0.25) is 10.2 Å². The highest BCUT2D eigenvalue weighted by Crippen LogP contribution is 2.67. The second kappa shape index (κ2) is 16.7. The number of nitrogens with one attached hydrogen (secondary N) is 1. The lowest BCUT2D eigenvalue weighted by molar-refractivity contribution is -0.151. The highest BCUT2D eigenvalue weighted by molar-refractivity contribution is 5.83. The van der Waals surface area contributed by atoms with Gasteiger partial charge in [0.05, 0.1) is 17.9 Å². The zero-order chi connectivity index (χ0) is 35.3. The zero-order valence-corrected chi connectivity index (χ0v) is 32.6. The van der Waals surface area contributed by atoms with Gasteiger partial charge in [0.2, 0.25) is 0 Å². The maximum absolute atomic E-state index is 13.1. The summed E-state index contributed by atoms with van der Waals surface area (Å²) in [4.78, 5) is 19.6. The van der Waals surface area contributed by atoms with E-state index in [1.807, 2.05) is 0 Å². The van der Waals surface area contributed by atoms with Crippen LogP contribution in [0, 0.1) is 45.8 Å². The van der Waals surface area contributed by atoms with E-state index in [0.717, 1.165) is 77.5 Å². The van der Waals surface area contributed by atoms with E-state index in [-0.39, 0.29) is 29.3 Å². The molecule has 276 valence electrons. The molecule has 4 rings (SSSR count). The van der Waals surface area contributed by atoms with Crippen LogP contribution in [-0.4, -0.2) is 97.7 Å². The normalized spacial score (nSPS) is 32.8. The van der Waals surface area contributed by atoms with Crippen LogP contribution in [0.25, 0.3) is 0 Å². The minimum absolute atomic E-state index is 0.0375. The molecule has 2 N–H and O–H groups in total. The molecule has 0 amide bonds. The fourth-order valence-corrected chi connectivity index (χ4v) is 11.0. The summed E-state index contributed by atoms with van der Waals surface area (Å²) < 4.78 is 6.12. The van der Waals surface area contributed by atoms with Crippen molar-refractivity contribution >= 4 is 11.8 Å². The Hall–Kier alpha value is -1.44. The number of hydrogen-bond donors (Lipinski definition) is 2. The van der Waals surface area contributed by atoms with Crippen molar-refractivity contribution in [3.63, 3.8) is 0 Å². The van der Waals surface area contributed by atoms with E-state index in [0.29, 0.717) is 41.8 Å². The van der Waals surface area contributed by atoms with Gasteiger partial charge in [-0.15, -0.1) is 0 Å². The average Bonchev–Trinajstić information content (AvgIpc) is 3.37. The summed E-state index contributed by atoms with van der Waals surface area (Å²) in [6.45, 7) is 15.5. The molecule has 7 nitrogen and oxygen atoms in total. The van der Waals surface area contributed by atoms with Gasteiger partial charge in [-0.25, -0.2) is 0 Å². The van der Waals surface area contributed by atoms with Crippen molar-refractivity contribution in [2.75, 3.05) is 54.4 Å². The Morgan fingerprint density at radius 3 is 2.25 bits per heavy atom. The first-order chi connectivity index (χ1) is 22.6. The van der Waals surface area contributed by atoms with Crippen LogP contribution in [0.5, 0.6) is 0 Å². The van der Waals surface area contributed by atoms with Gasteiger partial charge >= 0.3 is 5.97 Å². The molecule has 0 aromatic heterocycles. The minimum Gasteiger partial charge on any atom is -0.462 e. The number of hydrogen-bond acceptors (Lipinski definition) is 6. The Bertz CT molecular complexity index is 1090. The van der Waals surface area contributed by atoms with Crippen molar-refractivity contribution in [3.05, 3.63) is 11.6 Å². The molecule has 0 spiro atoms. The Balaban J connectivity index is 1.31. The summed E-state index contributed by atoms with van der Waals surface area (Å²) in [5.74, 6) is 3.63. The van der Waals surface area contributed by atoms with Crippen molar-refractivity contribution in [3.8, 4) is 0 Å². The van der Waals surface area contributed by atoms with Gasteiger partial charge in [-0.05, 0) is 153 Å². The van der Waals surface area contributed by atoms with Crippen LogP contribution >= 0.6 is 0 Å². The molecule has 48 heavy (non-hydrogen) atoms. The second-order valence-corrected chi connectivity index (χ2v) is 18.2. The first-order valence-corrected chi connectivity index (χ1v) is 19.8. The van der Waals surface area contributed by atoms with Crippen LogP contribution < -0.4 is 0 Å². The molecule has 0 saturated heterocycles. The van der Waals surface area contributed by atoms with Crippen LogP contribution in [0.4, 0.5) is 0 Å². The van der Waals surface area contributed by atoms with E-state index >= 15 is 0 Å². The third-order valence-electron chi connectivity index (χ3n) is 13.6. The Kier molecular flexibility index (Phi) is 13.7. The number of rotatable bonds is 17. The zero-order valence-electron chi connectivity index (χ0n) is 32.6. The van der Waals surface area contributed by atoms with Crippen molar-refractivity contribution in [1.29, 1.82) is 5.41 Å². The maximum Gasteiger partial charge on any atom is 0.306 e. The predicted molar refractivity (Wildman–Crippen MR) is 199 cm³/mol. The van der Waals surface area contributed by atoms with E-state index < -0.39 is 5.60 Å². The highest BCUT2D eigenvalue weighted by Gasteiger charge is 2.61. The molecule has 0 aromatic rings. The number of fused-ring (bicyclic) bond motifs is 5. The standard InChI is InChI=1S/C41H74N4O3/c1-30(2)13-10-22-41(5,47)36-17-16-34-33-15-14-31-29-32(20-23-39(31,3)35(33)21-24-40(34,36)4)48-38(46)19-18-37(42)45(27-11-25-43(6)7)28-12-26-44(8)9/h14,30,32-36,42,47H,10-13,15-29H2,1-9H3/t32-,33-,34-,35?,36-,39-,40-,41?/m0/s1. The minimum atomic E-state index is -0.568. The van der Waals surface area contributed by atoms with Crippen molar-refractivity contribution in [2.24, 2.45) is 40.4 Å². The molecule has 7 heteroatoms. The lowest BCUT2D eigenvalue weighted by Crippen LogP contribution is -2.53. The number of nitrogens with zero attached hydrogens (tertiary/aromatic N) is 3. The molecular formula is C41H74N4O3. The fraction of sp³-hybridized carbons (Fsp3) is 0.902. The first-order valence-electron chi connectivity index (χ1n) is 19.8. The Morgan fingerprint density at radius 2 is 1.62 bits per heavy atom. The largest absolute Gasteiger partial charge is 0.462 e. The van der Waals surface area contributed by atoms with Gasteiger partial charge in [0, 0.05) is 25.9 Å². The van der Waals surface area contributed by atoms with Crippen molar-refractivity contribution in [1.82, 2.24) is 14.7 Å². The van der Waals surface area contributed by atoms with Gasteiger partial charge in [0.25, 0.3) is 0 Å². The third-order valence-corrected chi connectivity index (χ3v) is 13.6. The van der Waals surface area contributed by atoms with Gasteiger partial charge in [-0.2, -0.15) is 0 Å². The summed E-state index contributed by atoms with van der Waals surface area (Å²) in [5.41, 5.74) is 1.40. The van der Waals surface area contributed by atoms with Gasteiger partial charge < -0.3 is 24.5 Å². The van der Waals surface area contributed by atoms with E-state index in [9.17, 15) is 9.90 Å². The van der Waals surface area contributed by atoms with E-state index in [2.05, 4.69) is 83.6 Å². The van der Waals surface area contributed by atoms with Crippen LogP contribution in [0.3, 0.4) is 0 Å². The first kappa shape index (κ1) is 39.3. The second-order valence-electron chi connectivity index (χ2n) is 18.2. The van der Waals surface area contributed by atoms with Crippen LogP contribution in [-0.2, 0) is 9.53 Å². The number of carbonyl (C=O) groups is 1. The Morgan fingerprint density at radius 1 is 0.958 bits per heavy atom. The maximum atomic E-state index is 13.1. The van der Waals surface area contributed by atoms with Gasteiger partial charge in [0.15, 0.2) is 0 Å². The molecule has 8 atom stereocenters. The highest BCUT2D eigenvalue weighted by atomic mass is 16.5. The monoisotopic (exact) mass is 671 g/mol. The number of allylic oxidation sites excluding steroid dienone is 1. The smallest absolute Gasteiger partial charge is 0.306 e. The molecule has 4 aliphatic rings. The summed E-state index contributed by atoms with van der Waals surface area (Å²) in [6, 6.07) is 0. The lowest BCUT2D eigenvalue weighted by atomic mass is 9.46.